The fraction of sp³-hybridized carbons (Fsp3) is 0.333. The van der Waals surface area contributed by atoms with Crippen LogP contribution in [0.1, 0.15) is 29.0 Å². The van der Waals surface area contributed by atoms with Crippen molar-refractivity contribution in [3.8, 4) is 0 Å². The second-order valence-electron chi connectivity index (χ2n) is 6.06. The number of hydrogen-bond donors (Lipinski definition) is 0. The zero-order valence-corrected chi connectivity index (χ0v) is 14.7. The van der Waals surface area contributed by atoms with E-state index in [9.17, 15) is 4.79 Å². The number of nitrogens with zero attached hydrogens (tertiary/aromatic N) is 4. The highest BCUT2D eigenvalue weighted by molar-refractivity contribution is 7.22. The molecule has 1 atom stereocenters. The van der Waals surface area contributed by atoms with E-state index in [-0.39, 0.29) is 12.0 Å². The Morgan fingerprint density at radius 1 is 1.32 bits per heavy atom. The number of carbonyl (C=O) groups is 1. The van der Waals surface area contributed by atoms with E-state index >= 15 is 0 Å². The van der Waals surface area contributed by atoms with E-state index in [0.717, 1.165) is 35.4 Å². The molecular weight excluding hydrogens is 336 g/mol. The topological polar surface area (TPSA) is 68.2 Å². The highest BCUT2D eigenvalue weighted by Crippen LogP contribution is 2.30. The first-order chi connectivity index (χ1) is 12.2. The average Bonchev–Trinajstić information content (AvgIpc) is 3.29. The first-order valence-electron chi connectivity index (χ1n) is 8.28. The van der Waals surface area contributed by atoms with Gasteiger partial charge >= 0.3 is 0 Å². The van der Waals surface area contributed by atoms with Gasteiger partial charge in [-0.05, 0) is 31.9 Å². The SMILES string of the molecule is Cc1cnc(C(=O)N(CC2CCCO2)c2nc3ccccc3s2)cn1. The van der Waals surface area contributed by atoms with Gasteiger partial charge < -0.3 is 4.74 Å². The third-order valence-electron chi connectivity index (χ3n) is 4.17. The van der Waals surface area contributed by atoms with Crippen LogP contribution in [0.25, 0.3) is 10.2 Å². The molecule has 4 rings (SSSR count). The molecule has 1 unspecified atom stereocenters. The number of hydrogen-bond acceptors (Lipinski definition) is 6. The Kier molecular flexibility index (Phi) is 4.42. The molecule has 3 aromatic rings. The van der Waals surface area contributed by atoms with Crippen LogP contribution in [0.2, 0.25) is 0 Å². The Bertz CT molecular complexity index is 854. The Hall–Kier alpha value is -2.38. The summed E-state index contributed by atoms with van der Waals surface area (Å²) in [6.07, 6.45) is 5.14. The van der Waals surface area contributed by atoms with Crippen LogP contribution in [-0.2, 0) is 4.74 Å². The lowest BCUT2D eigenvalue weighted by Gasteiger charge is -2.22. The van der Waals surface area contributed by atoms with Crippen molar-refractivity contribution in [2.45, 2.75) is 25.9 Å². The number of aromatic nitrogens is 3. The summed E-state index contributed by atoms with van der Waals surface area (Å²) in [4.78, 5) is 27.8. The molecule has 0 saturated carbocycles. The first-order valence-corrected chi connectivity index (χ1v) is 9.10. The molecule has 2 aromatic heterocycles. The molecule has 1 aliphatic heterocycles. The van der Waals surface area contributed by atoms with Crippen LogP contribution in [0.15, 0.2) is 36.7 Å². The number of carbonyl (C=O) groups excluding carboxylic acids is 1. The zero-order valence-electron chi connectivity index (χ0n) is 13.9. The fourth-order valence-corrected chi connectivity index (χ4v) is 3.83. The maximum Gasteiger partial charge on any atom is 0.280 e. The summed E-state index contributed by atoms with van der Waals surface area (Å²) in [6, 6.07) is 7.89. The van der Waals surface area contributed by atoms with Crippen molar-refractivity contribution in [3.63, 3.8) is 0 Å². The number of ether oxygens (including phenoxy) is 1. The van der Waals surface area contributed by atoms with Gasteiger partial charge in [0.1, 0.15) is 5.69 Å². The van der Waals surface area contributed by atoms with Gasteiger partial charge in [-0.1, -0.05) is 23.5 Å². The van der Waals surface area contributed by atoms with E-state index in [4.69, 9.17) is 4.74 Å². The molecule has 25 heavy (non-hydrogen) atoms. The summed E-state index contributed by atoms with van der Waals surface area (Å²) in [5, 5.41) is 0.670. The second-order valence-corrected chi connectivity index (χ2v) is 7.07. The average molecular weight is 354 g/mol. The van der Waals surface area contributed by atoms with E-state index in [2.05, 4.69) is 15.0 Å². The number of amides is 1. The Morgan fingerprint density at radius 3 is 2.92 bits per heavy atom. The molecular formula is C18H18N4O2S. The third kappa shape index (κ3) is 3.38. The van der Waals surface area contributed by atoms with Gasteiger partial charge in [0.25, 0.3) is 5.91 Å². The molecule has 0 N–H and O–H groups in total. The van der Waals surface area contributed by atoms with E-state index < -0.39 is 0 Å². The van der Waals surface area contributed by atoms with E-state index in [1.807, 2.05) is 31.2 Å². The van der Waals surface area contributed by atoms with Crippen molar-refractivity contribution >= 4 is 32.6 Å². The second kappa shape index (κ2) is 6.85. The van der Waals surface area contributed by atoms with Gasteiger partial charge in [-0.3, -0.25) is 14.7 Å². The predicted molar refractivity (Wildman–Crippen MR) is 97.0 cm³/mol. The predicted octanol–water partition coefficient (Wildman–Crippen LogP) is 3.22. The molecule has 0 aliphatic carbocycles. The number of benzene rings is 1. The molecule has 1 amide bonds. The van der Waals surface area contributed by atoms with Crippen LogP contribution in [0.3, 0.4) is 0 Å². The lowest BCUT2D eigenvalue weighted by Crippen LogP contribution is -2.38. The molecule has 1 aromatic carbocycles. The van der Waals surface area contributed by atoms with Crippen LogP contribution in [-0.4, -0.2) is 40.1 Å². The van der Waals surface area contributed by atoms with Crippen LogP contribution in [0.4, 0.5) is 5.13 Å². The lowest BCUT2D eigenvalue weighted by molar-refractivity contribution is 0.0913. The fourth-order valence-electron chi connectivity index (χ4n) is 2.86. The maximum atomic E-state index is 13.1. The number of aryl methyl sites for hydroxylation is 1. The smallest absolute Gasteiger partial charge is 0.280 e. The zero-order chi connectivity index (χ0) is 17.2. The molecule has 0 spiro atoms. The number of para-hydroxylation sites is 1. The van der Waals surface area contributed by atoms with Crippen LogP contribution >= 0.6 is 11.3 Å². The van der Waals surface area contributed by atoms with Crippen molar-refractivity contribution in [1.82, 2.24) is 15.0 Å². The Labute approximate surface area is 149 Å². The minimum Gasteiger partial charge on any atom is -0.376 e. The monoisotopic (exact) mass is 354 g/mol. The number of anilines is 1. The summed E-state index contributed by atoms with van der Waals surface area (Å²) in [5.41, 5.74) is 1.99. The van der Waals surface area contributed by atoms with Crippen molar-refractivity contribution in [2.24, 2.45) is 0 Å². The molecule has 0 bridgehead atoms. The highest BCUT2D eigenvalue weighted by atomic mass is 32.1. The minimum atomic E-state index is -0.193. The third-order valence-corrected chi connectivity index (χ3v) is 5.23. The van der Waals surface area contributed by atoms with Gasteiger partial charge in [0.2, 0.25) is 0 Å². The quantitative estimate of drug-likeness (QED) is 0.719. The molecule has 1 aliphatic rings. The largest absolute Gasteiger partial charge is 0.376 e. The highest BCUT2D eigenvalue weighted by Gasteiger charge is 2.27. The van der Waals surface area contributed by atoms with E-state index in [1.54, 1.807) is 11.1 Å². The van der Waals surface area contributed by atoms with Crippen molar-refractivity contribution in [1.29, 1.82) is 0 Å². The maximum absolute atomic E-state index is 13.1. The summed E-state index contributed by atoms with van der Waals surface area (Å²) in [6.45, 7) is 3.07. The molecule has 1 saturated heterocycles. The van der Waals surface area contributed by atoms with E-state index in [1.165, 1.54) is 17.5 Å². The Morgan fingerprint density at radius 2 is 2.20 bits per heavy atom. The molecule has 6 nitrogen and oxygen atoms in total. The van der Waals surface area contributed by atoms with Crippen molar-refractivity contribution in [2.75, 3.05) is 18.1 Å². The van der Waals surface area contributed by atoms with Crippen molar-refractivity contribution in [3.05, 3.63) is 48.0 Å². The van der Waals surface area contributed by atoms with Gasteiger partial charge in [-0.2, -0.15) is 0 Å². The Balaban J connectivity index is 1.69. The van der Waals surface area contributed by atoms with Crippen LogP contribution < -0.4 is 4.90 Å². The molecule has 0 radical (unpaired) electrons. The number of thiazole rings is 1. The number of fused-ring (bicyclic) bond motifs is 1. The molecule has 7 heteroatoms. The number of rotatable bonds is 4. The molecule has 128 valence electrons. The molecule has 3 heterocycles. The minimum absolute atomic E-state index is 0.0365. The summed E-state index contributed by atoms with van der Waals surface area (Å²) >= 11 is 1.51. The first kappa shape index (κ1) is 16.1. The summed E-state index contributed by atoms with van der Waals surface area (Å²) in [5.74, 6) is -0.193. The van der Waals surface area contributed by atoms with Gasteiger partial charge in [-0.25, -0.2) is 9.97 Å². The molecule has 1 fully saturated rings. The summed E-state index contributed by atoms with van der Waals surface area (Å²) in [7, 11) is 0. The van der Waals surface area contributed by atoms with Gasteiger partial charge in [0.05, 0.1) is 34.8 Å². The van der Waals surface area contributed by atoms with Gasteiger partial charge in [-0.15, -0.1) is 0 Å². The van der Waals surface area contributed by atoms with Crippen LogP contribution in [0.5, 0.6) is 0 Å². The lowest BCUT2D eigenvalue weighted by atomic mass is 10.2. The van der Waals surface area contributed by atoms with Gasteiger partial charge in [0, 0.05) is 12.8 Å². The van der Waals surface area contributed by atoms with E-state index in [0.29, 0.717) is 17.4 Å². The summed E-state index contributed by atoms with van der Waals surface area (Å²) < 4.78 is 6.78. The van der Waals surface area contributed by atoms with Gasteiger partial charge in [0.15, 0.2) is 5.13 Å². The standard InChI is InChI=1S/C18H18N4O2S/c1-12-9-20-15(10-19-12)17(23)22(11-13-5-4-8-24-13)18-21-14-6-2-3-7-16(14)25-18/h2-3,6-7,9-10,13H,4-5,8,11H2,1H3. The van der Waals surface area contributed by atoms with Crippen LogP contribution in [0, 0.1) is 6.92 Å². The normalized spacial score (nSPS) is 17.1. The van der Waals surface area contributed by atoms with Crippen molar-refractivity contribution < 1.29 is 9.53 Å².